The van der Waals surface area contributed by atoms with Gasteiger partial charge in [-0.15, -0.1) is 0 Å². The van der Waals surface area contributed by atoms with Crippen LogP contribution in [-0.4, -0.2) is 5.78 Å². The second-order valence-electron chi connectivity index (χ2n) is 4.02. The highest BCUT2D eigenvalue weighted by molar-refractivity contribution is 6.06. The predicted octanol–water partition coefficient (Wildman–Crippen LogP) is 2.24. The number of carbonyl (C=O) groups excluding carboxylic acids is 1. The molecule has 0 heterocycles. The van der Waals surface area contributed by atoms with Crippen LogP contribution in [0.3, 0.4) is 0 Å². The second-order valence-corrected chi connectivity index (χ2v) is 4.02. The maximum atomic E-state index is 12.1. The van der Waals surface area contributed by atoms with Crippen LogP contribution in [0.1, 0.15) is 28.8 Å². The van der Waals surface area contributed by atoms with E-state index in [9.17, 15) is 10.1 Å². The Bertz CT molecular complexity index is 521. The van der Waals surface area contributed by atoms with Gasteiger partial charge in [0.2, 0.25) is 0 Å². The van der Waals surface area contributed by atoms with E-state index in [0.717, 1.165) is 5.56 Å². The molecular formula is C13H10N2O. The molecule has 0 radical (unpaired) electrons. The van der Waals surface area contributed by atoms with Gasteiger partial charge >= 0.3 is 0 Å². The molecule has 0 N–H and O–H groups in total. The molecule has 0 unspecified atom stereocenters. The molecule has 0 saturated heterocycles. The van der Waals surface area contributed by atoms with Crippen LogP contribution >= 0.6 is 0 Å². The van der Waals surface area contributed by atoms with Crippen LogP contribution in [0.2, 0.25) is 0 Å². The highest BCUT2D eigenvalue weighted by atomic mass is 16.1. The van der Waals surface area contributed by atoms with Crippen molar-refractivity contribution in [2.45, 2.75) is 19.3 Å². The Balaban J connectivity index is 2.39. The van der Waals surface area contributed by atoms with Crippen LogP contribution in [0.15, 0.2) is 24.3 Å². The largest absolute Gasteiger partial charge is 0.292 e. The average molecular weight is 210 g/mol. The van der Waals surface area contributed by atoms with Crippen LogP contribution in [0.5, 0.6) is 0 Å². The number of Topliss-reactive ketones (excluding diaryl/α,β-unsaturated/α-hetero) is 1. The predicted molar refractivity (Wildman–Crippen MR) is 57.4 cm³/mol. The molecule has 2 rings (SSSR count). The van der Waals surface area contributed by atoms with Gasteiger partial charge < -0.3 is 0 Å². The second kappa shape index (κ2) is 3.79. The van der Waals surface area contributed by atoms with Gasteiger partial charge in [-0.25, -0.2) is 0 Å². The van der Waals surface area contributed by atoms with Gasteiger partial charge in [-0.05, 0) is 18.4 Å². The molecule has 0 spiro atoms. The van der Waals surface area contributed by atoms with E-state index in [4.69, 9.17) is 5.26 Å². The standard InChI is InChI=1S/C13H10N2O/c14-7-3-6-13(9-15)8-10-4-1-2-5-11(10)12(13)16/h1-2,4-5H,3,6,8H2/t13-/m1/s1. The summed E-state index contributed by atoms with van der Waals surface area (Å²) in [5.74, 6) is -0.124. The van der Waals surface area contributed by atoms with Crippen molar-refractivity contribution >= 4 is 5.78 Å². The first kappa shape index (κ1) is 10.4. The summed E-state index contributed by atoms with van der Waals surface area (Å²) in [6.07, 6.45) is 1.01. The Morgan fingerprint density at radius 2 is 2.06 bits per heavy atom. The van der Waals surface area contributed by atoms with Crippen LogP contribution in [0, 0.1) is 28.1 Å². The number of hydrogen-bond donors (Lipinski definition) is 0. The van der Waals surface area contributed by atoms with Crippen LogP contribution < -0.4 is 0 Å². The summed E-state index contributed by atoms with van der Waals surface area (Å²) in [7, 11) is 0. The highest BCUT2D eigenvalue weighted by Crippen LogP contribution is 2.39. The Kier molecular flexibility index (Phi) is 2.46. The third kappa shape index (κ3) is 1.38. The smallest absolute Gasteiger partial charge is 0.183 e. The lowest BCUT2D eigenvalue weighted by Gasteiger charge is -2.16. The number of nitriles is 2. The fourth-order valence-electron chi connectivity index (χ4n) is 2.18. The van der Waals surface area contributed by atoms with Crippen molar-refractivity contribution in [2.24, 2.45) is 5.41 Å². The number of carbonyl (C=O) groups is 1. The van der Waals surface area contributed by atoms with Gasteiger partial charge in [0.15, 0.2) is 5.78 Å². The van der Waals surface area contributed by atoms with Crippen LogP contribution in [0.4, 0.5) is 0 Å². The lowest BCUT2D eigenvalue weighted by atomic mass is 9.81. The van der Waals surface area contributed by atoms with E-state index in [1.54, 1.807) is 12.1 Å². The van der Waals surface area contributed by atoms with Crippen molar-refractivity contribution < 1.29 is 4.79 Å². The fraction of sp³-hybridized carbons (Fsp3) is 0.308. The normalized spacial score (nSPS) is 22.2. The number of hydrogen-bond acceptors (Lipinski definition) is 3. The van der Waals surface area contributed by atoms with E-state index < -0.39 is 5.41 Å². The zero-order chi connectivity index (χ0) is 11.6. The van der Waals surface area contributed by atoms with Crippen molar-refractivity contribution in [3.05, 3.63) is 35.4 Å². The van der Waals surface area contributed by atoms with Gasteiger partial charge in [0, 0.05) is 12.0 Å². The minimum Gasteiger partial charge on any atom is -0.292 e. The molecule has 3 nitrogen and oxygen atoms in total. The van der Waals surface area contributed by atoms with Gasteiger partial charge in [-0.3, -0.25) is 4.79 Å². The summed E-state index contributed by atoms with van der Waals surface area (Å²) in [6, 6.07) is 11.4. The van der Waals surface area contributed by atoms with Gasteiger partial charge in [-0.2, -0.15) is 10.5 Å². The Labute approximate surface area is 93.9 Å². The first-order valence-electron chi connectivity index (χ1n) is 5.14. The molecule has 0 bridgehead atoms. The molecule has 1 aliphatic carbocycles. The third-order valence-electron chi connectivity index (χ3n) is 3.07. The third-order valence-corrected chi connectivity index (χ3v) is 3.07. The molecule has 1 aromatic carbocycles. The molecule has 3 heteroatoms. The van der Waals surface area contributed by atoms with Crippen molar-refractivity contribution in [1.82, 2.24) is 0 Å². The van der Waals surface area contributed by atoms with Gasteiger partial charge in [0.1, 0.15) is 5.41 Å². The van der Waals surface area contributed by atoms with E-state index >= 15 is 0 Å². The lowest BCUT2D eigenvalue weighted by molar-refractivity contribution is 0.0874. The number of ketones is 1. The fourth-order valence-corrected chi connectivity index (χ4v) is 2.18. The molecule has 0 fully saturated rings. The van der Waals surface area contributed by atoms with Gasteiger partial charge in [0.05, 0.1) is 12.1 Å². The number of fused-ring (bicyclic) bond motifs is 1. The monoisotopic (exact) mass is 210 g/mol. The van der Waals surface area contributed by atoms with Crippen LogP contribution in [0.25, 0.3) is 0 Å². The molecule has 1 atom stereocenters. The topological polar surface area (TPSA) is 64.7 Å². The maximum Gasteiger partial charge on any atom is 0.183 e. The average Bonchev–Trinajstić information content (AvgIpc) is 2.61. The number of nitrogens with zero attached hydrogens (tertiary/aromatic N) is 2. The van der Waals surface area contributed by atoms with Crippen molar-refractivity contribution in [3.8, 4) is 12.1 Å². The Morgan fingerprint density at radius 1 is 1.31 bits per heavy atom. The van der Waals surface area contributed by atoms with Crippen molar-refractivity contribution in [2.75, 3.05) is 0 Å². The molecule has 0 aliphatic heterocycles. The molecule has 1 aliphatic rings. The van der Waals surface area contributed by atoms with Gasteiger partial charge in [-0.1, -0.05) is 24.3 Å². The first-order chi connectivity index (χ1) is 7.73. The Hall–Kier alpha value is -2.13. The summed E-state index contributed by atoms with van der Waals surface area (Å²) >= 11 is 0. The van der Waals surface area contributed by atoms with E-state index in [1.807, 2.05) is 18.2 Å². The zero-order valence-electron chi connectivity index (χ0n) is 8.73. The minimum absolute atomic E-state index is 0.124. The molecule has 0 aromatic heterocycles. The molecule has 1 aromatic rings. The minimum atomic E-state index is -1.00. The van der Waals surface area contributed by atoms with Gasteiger partial charge in [0.25, 0.3) is 0 Å². The summed E-state index contributed by atoms with van der Waals surface area (Å²) in [5.41, 5.74) is 0.563. The van der Waals surface area contributed by atoms with E-state index in [2.05, 4.69) is 6.07 Å². The quantitative estimate of drug-likeness (QED) is 0.751. The first-order valence-corrected chi connectivity index (χ1v) is 5.14. The number of rotatable bonds is 2. The molecule has 16 heavy (non-hydrogen) atoms. The van der Waals surface area contributed by atoms with Crippen molar-refractivity contribution in [3.63, 3.8) is 0 Å². The number of benzene rings is 1. The summed E-state index contributed by atoms with van der Waals surface area (Å²) in [5, 5.41) is 17.8. The van der Waals surface area contributed by atoms with E-state index in [0.29, 0.717) is 18.4 Å². The SMILES string of the molecule is N#CCC[C@]1(C#N)Cc2ccccc2C1=O. The molecule has 78 valence electrons. The summed E-state index contributed by atoms with van der Waals surface area (Å²) in [6.45, 7) is 0. The molecular weight excluding hydrogens is 200 g/mol. The van der Waals surface area contributed by atoms with Crippen molar-refractivity contribution in [1.29, 1.82) is 10.5 Å². The summed E-state index contributed by atoms with van der Waals surface area (Å²) < 4.78 is 0. The van der Waals surface area contributed by atoms with E-state index in [-0.39, 0.29) is 12.2 Å². The maximum absolute atomic E-state index is 12.1. The van der Waals surface area contributed by atoms with Crippen LogP contribution in [-0.2, 0) is 6.42 Å². The molecule has 0 saturated carbocycles. The Morgan fingerprint density at radius 3 is 2.69 bits per heavy atom. The lowest BCUT2D eigenvalue weighted by Crippen LogP contribution is -2.25. The summed E-state index contributed by atoms with van der Waals surface area (Å²) in [4.78, 5) is 12.1. The highest BCUT2D eigenvalue weighted by Gasteiger charge is 2.45. The zero-order valence-corrected chi connectivity index (χ0v) is 8.73. The van der Waals surface area contributed by atoms with E-state index in [1.165, 1.54) is 0 Å². The molecule has 0 amide bonds.